The summed E-state index contributed by atoms with van der Waals surface area (Å²) in [7, 11) is 1.67. The number of hydrogen-bond acceptors (Lipinski definition) is 2. The fourth-order valence-electron chi connectivity index (χ4n) is 2.42. The Balaban J connectivity index is 2.32. The third-order valence-corrected chi connectivity index (χ3v) is 3.67. The largest absolute Gasteiger partial charge is 0.496 e. The van der Waals surface area contributed by atoms with Gasteiger partial charge in [0.15, 0.2) is 0 Å². The zero-order valence-electron chi connectivity index (χ0n) is 12.1. The topological polar surface area (TPSA) is 41.6 Å². The number of nitrogens with zero attached hydrogens (tertiary/aromatic N) is 1. The van der Waals surface area contributed by atoms with E-state index in [0.29, 0.717) is 12.5 Å². The van der Waals surface area contributed by atoms with E-state index < -0.39 is 0 Å². The van der Waals surface area contributed by atoms with Crippen molar-refractivity contribution in [1.29, 1.82) is 0 Å². The highest BCUT2D eigenvalue weighted by molar-refractivity contribution is 5.77. The molecule has 104 valence electrons. The van der Waals surface area contributed by atoms with Crippen LogP contribution in [0.15, 0.2) is 18.2 Å². The first-order chi connectivity index (χ1) is 9.06. The van der Waals surface area contributed by atoms with Crippen molar-refractivity contribution in [3.05, 3.63) is 29.3 Å². The maximum atomic E-state index is 11.8. The van der Waals surface area contributed by atoms with Crippen molar-refractivity contribution in [2.75, 3.05) is 20.2 Å². The van der Waals surface area contributed by atoms with Crippen molar-refractivity contribution >= 4 is 6.03 Å². The molecule has 0 aromatic heterocycles. The molecule has 1 saturated heterocycles. The number of methoxy groups -OCH3 is 1. The van der Waals surface area contributed by atoms with Crippen LogP contribution < -0.4 is 10.1 Å². The van der Waals surface area contributed by atoms with Crippen molar-refractivity contribution in [2.45, 2.75) is 32.7 Å². The molecule has 1 heterocycles. The van der Waals surface area contributed by atoms with E-state index in [1.54, 1.807) is 7.11 Å². The van der Waals surface area contributed by atoms with Crippen LogP contribution in [0.4, 0.5) is 4.79 Å². The molecule has 0 radical (unpaired) electrons. The minimum atomic E-state index is 0.00417. The minimum absolute atomic E-state index is 0.00417. The number of carbonyl (C=O) groups excluding carboxylic acids is 1. The first-order valence-corrected chi connectivity index (χ1v) is 6.80. The Bertz CT molecular complexity index is 471. The number of hydrogen-bond donors (Lipinski definition) is 1. The predicted octanol–water partition coefficient (Wildman–Crippen LogP) is 2.90. The SMILES string of the molecule is CCN1CC(c2cc(C(C)C)ccc2OC)NC1=O. The van der Waals surface area contributed by atoms with Crippen LogP contribution >= 0.6 is 0 Å². The van der Waals surface area contributed by atoms with Crippen molar-refractivity contribution < 1.29 is 9.53 Å². The normalized spacial score (nSPS) is 18.9. The van der Waals surface area contributed by atoms with E-state index in [4.69, 9.17) is 4.74 Å². The molecule has 1 aromatic rings. The molecule has 0 aliphatic carbocycles. The quantitative estimate of drug-likeness (QED) is 0.906. The fourth-order valence-corrected chi connectivity index (χ4v) is 2.42. The van der Waals surface area contributed by atoms with Crippen LogP contribution in [0.3, 0.4) is 0 Å². The molecule has 1 unspecified atom stereocenters. The molecule has 1 N–H and O–H groups in total. The number of nitrogens with one attached hydrogen (secondary N) is 1. The summed E-state index contributed by atoms with van der Waals surface area (Å²) in [5, 5.41) is 3.02. The molecule has 1 aliphatic rings. The smallest absolute Gasteiger partial charge is 0.318 e. The van der Waals surface area contributed by atoms with Gasteiger partial charge in [-0.05, 0) is 30.5 Å². The highest BCUT2D eigenvalue weighted by Crippen LogP contribution is 2.31. The van der Waals surface area contributed by atoms with E-state index in [0.717, 1.165) is 17.9 Å². The van der Waals surface area contributed by atoms with Crippen LogP contribution in [0.1, 0.15) is 43.9 Å². The average Bonchev–Trinajstić information content (AvgIpc) is 2.79. The predicted molar refractivity (Wildman–Crippen MR) is 75.6 cm³/mol. The van der Waals surface area contributed by atoms with Gasteiger partial charge < -0.3 is 15.0 Å². The summed E-state index contributed by atoms with van der Waals surface area (Å²) in [6, 6.07) is 6.24. The van der Waals surface area contributed by atoms with Crippen molar-refractivity contribution in [3.63, 3.8) is 0 Å². The maximum Gasteiger partial charge on any atom is 0.318 e. The highest BCUT2D eigenvalue weighted by atomic mass is 16.5. The van der Waals surface area contributed by atoms with E-state index in [2.05, 4.69) is 31.3 Å². The first-order valence-electron chi connectivity index (χ1n) is 6.80. The molecule has 4 nitrogen and oxygen atoms in total. The molecule has 4 heteroatoms. The van der Waals surface area contributed by atoms with Gasteiger partial charge >= 0.3 is 6.03 Å². The summed E-state index contributed by atoms with van der Waals surface area (Å²) in [6.45, 7) is 7.75. The van der Waals surface area contributed by atoms with E-state index in [9.17, 15) is 4.79 Å². The Morgan fingerprint density at radius 2 is 2.21 bits per heavy atom. The summed E-state index contributed by atoms with van der Waals surface area (Å²) in [6.07, 6.45) is 0. The van der Waals surface area contributed by atoms with Gasteiger partial charge in [-0.1, -0.05) is 19.9 Å². The molecule has 0 saturated carbocycles. The van der Waals surface area contributed by atoms with Gasteiger partial charge in [-0.15, -0.1) is 0 Å². The zero-order valence-corrected chi connectivity index (χ0v) is 12.1. The van der Waals surface area contributed by atoms with E-state index in [-0.39, 0.29) is 12.1 Å². The molecule has 19 heavy (non-hydrogen) atoms. The second-order valence-corrected chi connectivity index (χ2v) is 5.20. The fraction of sp³-hybridized carbons (Fsp3) is 0.533. The van der Waals surface area contributed by atoms with Gasteiger partial charge in [-0.25, -0.2) is 4.79 Å². The van der Waals surface area contributed by atoms with E-state index in [1.807, 2.05) is 17.9 Å². The molecule has 1 atom stereocenters. The second-order valence-electron chi connectivity index (χ2n) is 5.20. The lowest BCUT2D eigenvalue weighted by molar-refractivity contribution is 0.219. The Morgan fingerprint density at radius 1 is 1.47 bits per heavy atom. The lowest BCUT2D eigenvalue weighted by Gasteiger charge is -2.17. The zero-order chi connectivity index (χ0) is 14.0. The van der Waals surface area contributed by atoms with E-state index >= 15 is 0 Å². The van der Waals surface area contributed by atoms with Gasteiger partial charge in [-0.3, -0.25) is 0 Å². The molecule has 1 aromatic carbocycles. The summed E-state index contributed by atoms with van der Waals surface area (Å²) in [4.78, 5) is 13.6. The van der Waals surface area contributed by atoms with Crippen molar-refractivity contribution in [1.82, 2.24) is 10.2 Å². The molecule has 0 spiro atoms. The van der Waals surface area contributed by atoms with Crippen LogP contribution in [-0.2, 0) is 0 Å². The molecule has 2 rings (SSSR count). The molecular formula is C15H22N2O2. The van der Waals surface area contributed by atoms with Gasteiger partial charge in [0.05, 0.1) is 13.2 Å². The van der Waals surface area contributed by atoms with Crippen LogP contribution in [0.5, 0.6) is 5.75 Å². The van der Waals surface area contributed by atoms with Gasteiger partial charge in [0.2, 0.25) is 0 Å². The number of benzene rings is 1. The highest BCUT2D eigenvalue weighted by Gasteiger charge is 2.30. The average molecular weight is 262 g/mol. The van der Waals surface area contributed by atoms with Gasteiger partial charge in [0.1, 0.15) is 5.75 Å². The number of carbonyl (C=O) groups is 1. The van der Waals surface area contributed by atoms with Gasteiger partial charge in [0.25, 0.3) is 0 Å². The van der Waals surface area contributed by atoms with Crippen molar-refractivity contribution in [3.8, 4) is 5.75 Å². The molecule has 0 bridgehead atoms. The Hall–Kier alpha value is -1.71. The standard InChI is InChI=1S/C15H22N2O2/c1-5-17-9-13(16-15(17)18)12-8-11(10(2)3)6-7-14(12)19-4/h6-8,10,13H,5,9H2,1-4H3,(H,16,18). The number of urea groups is 1. The lowest BCUT2D eigenvalue weighted by Crippen LogP contribution is -2.27. The molecule has 1 aliphatic heterocycles. The van der Waals surface area contributed by atoms with Crippen molar-refractivity contribution in [2.24, 2.45) is 0 Å². The van der Waals surface area contributed by atoms with Crippen LogP contribution in [0.2, 0.25) is 0 Å². The summed E-state index contributed by atoms with van der Waals surface area (Å²) in [5.74, 6) is 1.30. The third kappa shape index (κ3) is 2.67. The number of amides is 2. The second kappa shape index (κ2) is 5.51. The third-order valence-electron chi connectivity index (χ3n) is 3.67. The van der Waals surface area contributed by atoms with Crippen LogP contribution in [0.25, 0.3) is 0 Å². The van der Waals surface area contributed by atoms with Gasteiger partial charge in [0, 0.05) is 18.7 Å². The monoisotopic (exact) mass is 262 g/mol. The summed E-state index contributed by atoms with van der Waals surface area (Å²) < 4.78 is 5.43. The Kier molecular flexibility index (Phi) is 3.98. The summed E-state index contributed by atoms with van der Waals surface area (Å²) >= 11 is 0. The molecular weight excluding hydrogens is 240 g/mol. The molecule has 1 fully saturated rings. The Morgan fingerprint density at radius 3 is 2.74 bits per heavy atom. The Labute approximate surface area is 114 Å². The number of likely N-dealkylation sites (N-methyl/N-ethyl adjacent to an activating group) is 1. The maximum absolute atomic E-state index is 11.8. The first kappa shape index (κ1) is 13.7. The summed E-state index contributed by atoms with van der Waals surface area (Å²) in [5.41, 5.74) is 2.33. The number of rotatable bonds is 4. The number of ether oxygens (including phenoxy) is 1. The van der Waals surface area contributed by atoms with Crippen LogP contribution in [0, 0.1) is 0 Å². The van der Waals surface area contributed by atoms with Gasteiger partial charge in [-0.2, -0.15) is 0 Å². The lowest BCUT2D eigenvalue weighted by atomic mass is 9.97. The van der Waals surface area contributed by atoms with E-state index in [1.165, 1.54) is 5.56 Å². The minimum Gasteiger partial charge on any atom is -0.496 e. The molecule has 2 amide bonds. The van der Waals surface area contributed by atoms with Crippen LogP contribution in [-0.4, -0.2) is 31.1 Å².